The maximum absolute atomic E-state index is 13.6. The van der Waals surface area contributed by atoms with E-state index in [4.69, 9.17) is 0 Å². The molecule has 1 atom stereocenters. The highest BCUT2D eigenvalue weighted by Crippen LogP contribution is 2.25. The van der Waals surface area contributed by atoms with Crippen LogP contribution in [0.4, 0.5) is 8.78 Å². The summed E-state index contributed by atoms with van der Waals surface area (Å²) in [6.07, 6.45) is 3.29. The van der Waals surface area contributed by atoms with Gasteiger partial charge in [-0.25, -0.2) is 8.78 Å². The predicted octanol–water partition coefficient (Wildman–Crippen LogP) is 3.70. The fourth-order valence-corrected chi connectivity index (χ4v) is 1.88. The molecular weight excluding hydrogens is 232 g/mol. The van der Waals surface area contributed by atoms with Crippen LogP contribution in [0.5, 0.6) is 0 Å². The zero-order chi connectivity index (χ0) is 13.6. The summed E-state index contributed by atoms with van der Waals surface area (Å²) in [6.45, 7) is 9.50. The van der Waals surface area contributed by atoms with Crippen molar-refractivity contribution >= 4 is 0 Å². The largest absolute Gasteiger partial charge is 0.316 e. The smallest absolute Gasteiger partial charge is 0.162 e. The molecule has 0 aromatic heterocycles. The molecule has 1 N–H and O–H groups in total. The van der Waals surface area contributed by atoms with Crippen LogP contribution in [0, 0.1) is 17.0 Å². The van der Waals surface area contributed by atoms with Crippen molar-refractivity contribution in [3.8, 4) is 0 Å². The Balaban J connectivity index is 2.78. The Morgan fingerprint density at radius 1 is 1.39 bits per heavy atom. The minimum Gasteiger partial charge on any atom is -0.316 e. The molecular formula is C15H21F2N. The van der Waals surface area contributed by atoms with Crippen LogP contribution in [0.1, 0.15) is 25.8 Å². The Labute approximate surface area is 108 Å². The molecule has 100 valence electrons. The molecule has 1 nitrogen and oxygen atoms in total. The second-order valence-corrected chi connectivity index (χ2v) is 4.92. The first-order valence-corrected chi connectivity index (χ1v) is 6.29. The number of rotatable bonds is 7. The van der Waals surface area contributed by atoms with Gasteiger partial charge >= 0.3 is 0 Å². The highest BCUT2D eigenvalue weighted by atomic mass is 19.2. The fourth-order valence-electron chi connectivity index (χ4n) is 1.88. The minimum atomic E-state index is -0.791. The molecule has 1 rings (SSSR count). The molecule has 0 aliphatic heterocycles. The van der Waals surface area contributed by atoms with Gasteiger partial charge in [0, 0.05) is 12.0 Å². The zero-order valence-corrected chi connectivity index (χ0v) is 11.1. The third-order valence-corrected chi connectivity index (χ3v) is 3.07. The number of nitrogens with one attached hydrogen (secondary N) is 1. The lowest BCUT2D eigenvalue weighted by Gasteiger charge is -2.26. The van der Waals surface area contributed by atoms with E-state index in [1.54, 1.807) is 12.1 Å². The number of hydrogen-bond donors (Lipinski definition) is 1. The maximum Gasteiger partial charge on any atom is 0.162 e. The van der Waals surface area contributed by atoms with Crippen LogP contribution >= 0.6 is 0 Å². The molecule has 0 radical (unpaired) electrons. The van der Waals surface area contributed by atoms with E-state index < -0.39 is 11.6 Å². The van der Waals surface area contributed by atoms with Crippen molar-refractivity contribution in [1.29, 1.82) is 0 Å². The minimum absolute atomic E-state index is 0.274. The molecule has 0 spiro atoms. The third-order valence-electron chi connectivity index (χ3n) is 3.07. The zero-order valence-electron chi connectivity index (χ0n) is 11.1. The van der Waals surface area contributed by atoms with Gasteiger partial charge in [-0.2, -0.15) is 0 Å². The van der Waals surface area contributed by atoms with Crippen LogP contribution in [0.2, 0.25) is 0 Å². The van der Waals surface area contributed by atoms with Crippen LogP contribution in [0.15, 0.2) is 30.9 Å². The second-order valence-electron chi connectivity index (χ2n) is 4.92. The summed E-state index contributed by atoms with van der Waals surface area (Å²) in [4.78, 5) is 0. The van der Waals surface area contributed by atoms with Crippen LogP contribution < -0.4 is 5.32 Å². The molecule has 0 aliphatic carbocycles. The Morgan fingerprint density at radius 3 is 2.72 bits per heavy atom. The highest BCUT2D eigenvalue weighted by Gasteiger charge is 2.22. The van der Waals surface area contributed by atoms with Crippen molar-refractivity contribution in [2.75, 3.05) is 13.1 Å². The van der Waals surface area contributed by atoms with Crippen molar-refractivity contribution in [2.45, 2.75) is 26.7 Å². The van der Waals surface area contributed by atoms with Crippen molar-refractivity contribution in [1.82, 2.24) is 5.32 Å². The van der Waals surface area contributed by atoms with Crippen molar-refractivity contribution in [2.24, 2.45) is 5.41 Å². The van der Waals surface area contributed by atoms with E-state index in [2.05, 4.69) is 18.8 Å². The Hall–Kier alpha value is -1.22. The molecule has 0 aliphatic rings. The van der Waals surface area contributed by atoms with Gasteiger partial charge in [0.05, 0.1) is 0 Å². The first-order chi connectivity index (χ1) is 8.52. The van der Waals surface area contributed by atoms with Crippen LogP contribution in [0.25, 0.3) is 0 Å². The van der Waals surface area contributed by atoms with Gasteiger partial charge < -0.3 is 5.32 Å². The normalized spacial score (nSPS) is 14.2. The molecule has 0 fully saturated rings. The predicted molar refractivity (Wildman–Crippen MR) is 71.5 cm³/mol. The quantitative estimate of drug-likeness (QED) is 0.577. The van der Waals surface area contributed by atoms with Crippen LogP contribution in [0.3, 0.4) is 0 Å². The maximum atomic E-state index is 13.6. The molecule has 0 saturated carbocycles. The monoisotopic (exact) mass is 253 g/mol. The topological polar surface area (TPSA) is 12.0 Å². The first-order valence-electron chi connectivity index (χ1n) is 6.29. The molecule has 0 bridgehead atoms. The SMILES string of the molecule is C=CC(C)(CNCCC)Cc1cccc(F)c1F. The number of hydrogen-bond acceptors (Lipinski definition) is 1. The van der Waals surface area contributed by atoms with E-state index in [-0.39, 0.29) is 5.41 Å². The highest BCUT2D eigenvalue weighted by molar-refractivity contribution is 5.21. The van der Waals surface area contributed by atoms with E-state index in [0.29, 0.717) is 18.5 Å². The van der Waals surface area contributed by atoms with Gasteiger partial charge in [0.2, 0.25) is 0 Å². The van der Waals surface area contributed by atoms with Gasteiger partial charge in [0.1, 0.15) is 0 Å². The molecule has 3 heteroatoms. The summed E-state index contributed by atoms with van der Waals surface area (Å²) in [5.74, 6) is -1.54. The van der Waals surface area contributed by atoms with Gasteiger partial charge in [0.25, 0.3) is 0 Å². The van der Waals surface area contributed by atoms with Crippen molar-refractivity contribution in [3.05, 3.63) is 48.1 Å². The summed E-state index contributed by atoms with van der Waals surface area (Å²) < 4.78 is 26.8. The average molecular weight is 253 g/mol. The molecule has 1 aromatic carbocycles. The van der Waals surface area contributed by atoms with E-state index in [1.807, 2.05) is 6.92 Å². The van der Waals surface area contributed by atoms with Crippen LogP contribution in [-0.4, -0.2) is 13.1 Å². The molecule has 1 aromatic rings. The molecule has 0 saturated heterocycles. The Morgan fingerprint density at radius 2 is 2.11 bits per heavy atom. The summed E-state index contributed by atoms with van der Waals surface area (Å²) in [7, 11) is 0. The summed E-state index contributed by atoms with van der Waals surface area (Å²) in [5, 5.41) is 3.29. The lowest BCUT2D eigenvalue weighted by Crippen LogP contribution is -2.32. The third kappa shape index (κ3) is 3.91. The van der Waals surface area contributed by atoms with Crippen molar-refractivity contribution in [3.63, 3.8) is 0 Å². The molecule has 1 unspecified atom stereocenters. The summed E-state index contributed by atoms with van der Waals surface area (Å²) in [6, 6.07) is 4.30. The second kappa shape index (κ2) is 6.64. The average Bonchev–Trinajstić information content (AvgIpc) is 2.35. The number of benzene rings is 1. The first kappa shape index (κ1) is 14.8. The van der Waals surface area contributed by atoms with Gasteiger partial charge in [0.15, 0.2) is 11.6 Å². The van der Waals surface area contributed by atoms with E-state index in [1.165, 1.54) is 6.07 Å². The van der Waals surface area contributed by atoms with Crippen LogP contribution in [-0.2, 0) is 6.42 Å². The molecule has 0 heterocycles. The lowest BCUT2D eigenvalue weighted by atomic mass is 9.83. The van der Waals surface area contributed by atoms with Crippen molar-refractivity contribution < 1.29 is 8.78 Å². The number of halogens is 2. The van der Waals surface area contributed by atoms with E-state index in [0.717, 1.165) is 19.0 Å². The summed E-state index contributed by atoms with van der Waals surface area (Å²) >= 11 is 0. The van der Waals surface area contributed by atoms with Gasteiger partial charge in [-0.05, 0) is 31.0 Å². The van der Waals surface area contributed by atoms with E-state index in [9.17, 15) is 8.78 Å². The molecule has 0 amide bonds. The fraction of sp³-hybridized carbons (Fsp3) is 0.467. The van der Waals surface area contributed by atoms with E-state index >= 15 is 0 Å². The Bertz CT molecular complexity index is 403. The van der Waals surface area contributed by atoms with Gasteiger partial charge in [-0.15, -0.1) is 6.58 Å². The van der Waals surface area contributed by atoms with Gasteiger partial charge in [-0.3, -0.25) is 0 Å². The van der Waals surface area contributed by atoms with Gasteiger partial charge in [-0.1, -0.05) is 32.1 Å². The summed E-state index contributed by atoms with van der Waals surface area (Å²) in [5.41, 5.74) is 0.125. The standard InChI is InChI=1S/C15H21F2N/c1-4-9-18-11-15(3,5-2)10-12-7-6-8-13(16)14(12)17/h5-8,18H,2,4,9-11H2,1,3H3. The lowest BCUT2D eigenvalue weighted by molar-refractivity contribution is 0.380. The molecule has 18 heavy (non-hydrogen) atoms. The Kier molecular flexibility index (Phi) is 5.48.